The van der Waals surface area contributed by atoms with Crippen LogP contribution < -0.4 is 0 Å². The monoisotopic (exact) mass is 564 g/mol. The third-order valence-corrected chi connectivity index (χ3v) is 7.87. The van der Waals surface area contributed by atoms with Gasteiger partial charge in [0.05, 0.1) is 43.4 Å². The molecule has 0 unspecified atom stereocenters. The van der Waals surface area contributed by atoms with Crippen LogP contribution in [0.2, 0.25) is 0 Å². The first kappa shape index (κ1) is 24.7. The second kappa shape index (κ2) is 10.2. The Bertz CT molecular complexity index is 1560. The molecule has 186 valence electrons. The number of esters is 1. The number of hydrogen-bond donors (Lipinski definition) is 0. The van der Waals surface area contributed by atoms with Crippen molar-refractivity contribution in [1.82, 2.24) is 19.1 Å². The van der Waals surface area contributed by atoms with E-state index in [0.717, 1.165) is 73.9 Å². The van der Waals surface area contributed by atoms with Crippen LogP contribution in [-0.4, -0.2) is 32.2 Å². The third kappa shape index (κ3) is 4.48. The molecule has 5 aromatic rings. The van der Waals surface area contributed by atoms with Crippen LogP contribution in [0.5, 0.6) is 0 Å². The Hall–Kier alpha value is -2.97. The zero-order chi connectivity index (χ0) is 25.4. The molecule has 0 aliphatic carbocycles. The third-order valence-electron chi connectivity index (χ3n) is 6.25. The summed E-state index contributed by atoms with van der Waals surface area (Å²) in [6.07, 6.45) is 2.15. The van der Waals surface area contributed by atoms with Crippen molar-refractivity contribution in [3.05, 3.63) is 57.9 Å². The van der Waals surface area contributed by atoms with E-state index in [1.54, 1.807) is 11.3 Å². The lowest BCUT2D eigenvalue weighted by atomic mass is 10.1. The van der Waals surface area contributed by atoms with E-state index in [2.05, 4.69) is 76.2 Å². The summed E-state index contributed by atoms with van der Waals surface area (Å²) in [6.45, 7) is 8.32. The molecule has 0 N–H and O–H groups in total. The van der Waals surface area contributed by atoms with Gasteiger partial charge < -0.3 is 13.9 Å². The molecule has 0 spiro atoms. The second-order valence-electron chi connectivity index (χ2n) is 9.35. The molecule has 0 saturated heterocycles. The lowest BCUT2D eigenvalue weighted by molar-refractivity contribution is 0.0601. The van der Waals surface area contributed by atoms with Gasteiger partial charge in [-0.05, 0) is 70.7 Å². The lowest BCUT2D eigenvalue weighted by Crippen LogP contribution is -2.07. The summed E-state index contributed by atoms with van der Waals surface area (Å²) in [6, 6.07) is 16.1. The van der Waals surface area contributed by atoms with Gasteiger partial charge in [-0.25, -0.2) is 14.8 Å². The molecule has 5 rings (SSSR count). The van der Waals surface area contributed by atoms with E-state index < -0.39 is 0 Å². The van der Waals surface area contributed by atoms with E-state index in [1.807, 2.05) is 18.2 Å². The molecule has 3 heterocycles. The van der Waals surface area contributed by atoms with Gasteiger partial charge in [0.15, 0.2) is 5.82 Å². The van der Waals surface area contributed by atoms with Gasteiger partial charge in [0.1, 0.15) is 5.82 Å². The number of rotatable bonds is 8. The van der Waals surface area contributed by atoms with Crippen LogP contribution in [0.3, 0.4) is 0 Å². The minimum absolute atomic E-state index is 0.358. The number of para-hydroxylation sites is 1. The van der Waals surface area contributed by atoms with Crippen LogP contribution in [0.25, 0.3) is 44.2 Å². The number of hydrogen-bond acceptors (Lipinski definition) is 5. The van der Waals surface area contributed by atoms with Crippen LogP contribution in [-0.2, 0) is 17.8 Å². The lowest BCUT2D eigenvalue weighted by Gasteiger charge is -2.14. The van der Waals surface area contributed by atoms with Gasteiger partial charge in [0.25, 0.3) is 0 Å². The molecular formula is C28H29BrN4O2S. The van der Waals surface area contributed by atoms with Crippen molar-refractivity contribution in [3.8, 4) is 22.1 Å². The standard InChI is InChI=1S/C28H29BrN4O2S/c1-5-6-14-32-25-19(8-7-9-20(25)30-27(32)23-12-13-24(29)36-23)26-31-21-15-18(28(34)35-4)10-11-22(21)33(26)16-17(2)3/h7-13,15,17H,5-6,14,16H2,1-4H3. The number of carbonyl (C=O) groups is 1. The SMILES string of the molecule is CCCCn1c(-c2ccc(Br)s2)nc2cccc(-c3nc4cc(C(=O)OC)ccc4n3CC(C)C)c21. The fraction of sp³-hybridized carbons (Fsp3) is 0.321. The van der Waals surface area contributed by atoms with Gasteiger partial charge in [-0.2, -0.15) is 0 Å². The van der Waals surface area contributed by atoms with Gasteiger partial charge in [0, 0.05) is 18.7 Å². The number of imidazole rings is 2. The summed E-state index contributed by atoms with van der Waals surface area (Å²) in [5.74, 6) is 1.94. The number of aromatic nitrogens is 4. The normalized spacial score (nSPS) is 11.7. The number of benzene rings is 2. The van der Waals surface area contributed by atoms with E-state index >= 15 is 0 Å². The molecule has 8 heteroatoms. The average molecular weight is 566 g/mol. The summed E-state index contributed by atoms with van der Waals surface area (Å²) in [4.78, 5) is 23.5. The number of unbranched alkanes of at least 4 members (excludes halogenated alkanes) is 1. The second-order valence-corrected chi connectivity index (χ2v) is 11.8. The summed E-state index contributed by atoms with van der Waals surface area (Å²) in [5, 5.41) is 0. The van der Waals surface area contributed by atoms with Crippen LogP contribution in [0.4, 0.5) is 0 Å². The molecular weight excluding hydrogens is 536 g/mol. The van der Waals surface area contributed by atoms with E-state index in [0.29, 0.717) is 11.5 Å². The predicted octanol–water partition coefficient (Wildman–Crippen LogP) is 7.79. The van der Waals surface area contributed by atoms with E-state index in [9.17, 15) is 4.79 Å². The van der Waals surface area contributed by atoms with Gasteiger partial charge in [0.2, 0.25) is 0 Å². The zero-order valence-corrected chi connectivity index (χ0v) is 23.3. The average Bonchev–Trinajstić information content (AvgIpc) is 3.56. The molecule has 0 aliphatic heterocycles. The number of carbonyl (C=O) groups excluding carboxylic acids is 1. The molecule has 0 fully saturated rings. The Kier molecular flexibility index (Phi) is 6.99. The summed E-state index contributed by atoms with van der Waals surface area (Å²) >= 11 is 5.31. The van der Waals surface area contributed by atoms with Crippen LogP contribution in [0.1, 0.15) is 44.0 Å². The summed E-state index contributed by atoms with van der Waals surface area (Å²) < 4.78 is 10.7. The van der Waals surface area contributed by atoms with Crippen molar-refractivity contribution in [2.24, 2.45) is 5.92 Å². The number of aryl methyl sites for hydroxylation is 1. The van der Waals surface area contributed by atoms with E-state index in [1.165, 1.54) is 7.11 Å². The van der Waals surface area contributed by atoms with Crippen molar-refractivity contribution in [1.29, 1.82) is 0 Å². The largest absolute Gasteiger partial charge is 0.465 e. The minimum atomic E-state index is -0.358. The van der Waals surface area contributed by atoms with E-state index in [-0.39, 0.29) is 5.97 Å². The van der Waals surface area contributed by atoms with Gasteiger partial charge in [-0.1, -0.05) is 33.3 Å². The van der Waals surface area contributed by atoms with Crippen molar-refractivity contribution < 1.29 is 9.53 Å². The maximum absolute atomic E-state index is 12.2. The molecule has 2 aromatic carbocycles. The first-order valence-electron chi connectivity index (χ1n) is 12.2. The first-order valence-corrected chi connectivity index (χ1v) is 13.9. The smallest absolute Gasteiger partial charge is 0.337 e. The fourth-order valence-corrected chi connectivity index (χ4v) is 6.04. The number of thiophene rings is 1. The van der Waals surface area contributed by atoms with Crippen molar-refractivity contribution in [3.63, 3.8) is 0 Å². The van der Waals surface area contributed by atoms with Gasteiger partial charge >= 0.3 is 5.97 Å². The fourth-order valence-electron chi connectivity index (χ4n) is 4.65. The molecule has 0 bridgehead atoms. The Balaban J connectivity index is 1.78. The molecule has 0 atom stereocenters. The Labute approximate surface area is 223 Å². The van der Waals surface area contributed by atoms with Crippen molar-refractivity contribution in [2.45, 2.75) is 46.7 Å². The number of ether oxygens (including phenoxy) is 1. The molecule has 6 nitrogen and oxygen atoms in total. The molecule has 3 aromatic heterocycles. The Morgan fingerprint density at radius 2 is 1.86 bits per heavy atom. The molecule has 0 amide bonds. The van der Waals surface area contributed by atoms with Gasteiger partial charge in [-0.3, -0.25) is 0 Å². The maximum atomic E-state index is 12.2. The highest BCUT2D eigenvalue weighted by Gasteiger charge is 2.22. The molecule has 0 saturated carbocycles. The minimum Gasteiger partial charge on any atom is -0.465 e. The highest BCUT2D eigenvalue weighted by molar-refractivity contribution is 9.11. The Morgan fingerprint density at radius 3 is 2.56 bits per heavy atom. The highest BCUT2D eigenvalue weighted by Crippen LogP contribution is 2.37. The van der Waals surface area contributed by atoms with Crippen LogP contribution >= 0.6 is 27.3 Å². The Morgan fingerprint density at radius 1 is 1.06 bits per heavy atom. The molecule has 0 radical (unpaired) electrons. The number of halogens is 1. The van der Waals surface area contributed by atoms with Crippen molar-refractivity contribution >= 4 is 55.3 Å². The number of nitrogens with zero attached hydrogens (tertiary/aromatic N) is 4. The zero-order valence-electron chi connectivity index (χ0n) is 20.9. The molecule has 36 heavy (non-hydrogen) atoms. The van der Waals surface area contributed by atoms with Crippen LogP contribution in [0.15, 0.2) is 52.3 Å². The van der Waals surface area contributed by atoms with E-state index in [4.69, 9.17) is 14.7 Å². The number of fused-ring (bicyclic) bond motifs is 2. The quantitative estimate of drug-likeness (QED) is 0.180. The highest BCUT2D eigenvalue weighted by atomic mass is 79.9. The summed E-state index contributed by atoms with van der Waals surface area (Å²) in [5.41, 5.74) is 5.40. The summed E-state index contributed by atoms with van der Waals surface area (Å²) in [7, 11) is 1.40. The topological polar surface area (TPSA) is 61.9 Å². The van der Waals surface area contributed by atoms with Gasteiger partial charge in [-0.15, -0.1) is 11.3 Å². The predicted molar refractivity (Wildman–Crippen MR) is 151 cm³/mol. The number of methoxy groups -OCH3 is 1. The molecule has 0 aliphatic rings. The van der Waals surface area contributed by atoms with Crippen LogP contribution in [0, 0.1) is 5.92 Å². The first-order chi connectivity index (χ1) is 17.4. The maximum Gasteiger partial charge on any atom is 0.337 e. The van der Waals surface area contributed by atoms with Crippen molar-refractivity contribution in [2.75, 3.05) is 7.11 Å².